The van der Waals surface area contributed by atoms with E-state index in [1.54, 1.807) is 0 Å². The molecule has 0 aliphatic carbocycles. The van der Waals surface area contributed by atoms with Crippen molar-refractivity contribution in [2.75, 3.05) is 0 Å². The Morgan fingerprint density at radius 3 is 1.18 bits per heavy atom. The van der Waals surface area contributed by atoms with E-state index < -0.39 is 0 Å². The molecule has 0 radical (unpaired) electrons. The molecule has 0 saturated carbocycles. The zero-order valence-electron chi connectivity index (χ0n) is 12.7. The van der Waals surface area contributed by atoms with Crippen LogP contribution in [0.1, 0.15) is 45.4 Å². The molecule has 0 bridgehead atoms. The standard InChI is InChI=1S/C8H17.5CH3.3ClH.Ti/c1-3-5-7-8-6-4-2;;;;;;;;;/h1,3-8H2,2H3;5*1H3;3*1H;/q6*-1;;;;. The largest absolute Gasteiger partial charge is 0.358 e. The van der Waals surface area contributed by atoms with Gasteiger partial charge >= 0.3 is 0 Å². The maximum Gasteiger partial charge on any atom is 0 e. The summed E-state index contributed by atoms with van der Waals surface area (Å²) in [6, 6.07) is 0. The molecule has 17 heavy (non-hydrogen) atoms. The van der Waals surface area contributed by atoms with Gasteiger partial charge < -0.3 is 44.1 Å². The van der Waals surface area contributed by atoms with E-state index in [0.29, 0.717) is 0 Å². The van der Waals surface area contributed by atoms with Gasteiger partial charge in [-0.05, 0) is 0 Å². The van der Waals surface area contributed by atoms with Crippen LogP contribution >= 0.6 is 37.2 Å². The predicted octanol–water partition coefficient (Wildman–Crippen LogP) is 6.70. The van der Waals surface area contributed by atoms with Gasteiger partial charge in [-0.2, -0.15) is 6.42 Å². The summed E-state index contributed by atoms with van der Waals surface area (Å²) >= 11 is 0. The van der Waals surface area contributed by atoms with Gasteiger partial charge in [0, 0.05) is 21.7 Å². The number of rotatable bonds is 5. The van der Waals surface area contributed by atoms with Crippen molar-refractivity contribution in [3.63, 3.8) is 0 Å². The SMILES string of the molecule is Cl.Cl.Cl.[CH2-]CCCCCCC.[CH3-].[CH3-].[CH3-].[CH3-].[CH3-].[Ti]. The first-order valence-corrected chi connectivity index (χ1v) is 3.71. The summed E-state index contributed by atoms with van der Waals surface area (Å²) in [5.74, 6) is 0. The molecule has 0 aliphatic heterocycles. The Labute approximate surface area is 148 Å². The molecule has 0 fully saturated rings. The Morgan fingerprint density at radius 2 is 0.941 bits per heavy atom. The first-order valence-electron chi connectivity index (χ1n) is 3.71. The Balaban J connectivity index is -0.00000000681. The van der Waals surface area contributed by atoms with Crippen molar-refractivity contribution < 1.29 is 21.7 Å². The second-order valence-electron chi connectivity index (χ2n) is 2.27. The van der Waals surface area contributed by atoms with Crippen molar-refractivity contribution in [1.29, 1.82) is 0 Å². The first kappa shape index (κ1) is 78.0. The van der Waals surface area contributed by atoms with E-state index in [2.05, 4.69) is 13.8 Å². The molecular formula is C13H35Cl3Ti-6. The Hall–Kier alpha value is 1.58. The fraction of sp³-hybridized carbons (Fsp3) is 0.538. The average molecular weight is 346 g/mol. The van der Waals surface area contributed by atoms with Crippen molar-refractivity contribution in [1.82, 2.24) is 0 Å². The molecule has 0 aromatic heterocycles. The fourth-order valence-electron chi connectivity index (χ4n) is 0.780. The van der Waals surface area contributed by atoms with Crippen LogP contribution in [0.3, 0.4) is 0 Å². The van der Waals surface area contributed by atoms with Crippen molar-refractivity contribution in [3.05, 3.63) is 44.1 Å². The van der Waals surface area contributed by atoms with Crippen molar-refractivity contribution in [2.24, 2.45) is 0 Å². The third-order valence-corrected chi connectivity index (χ3v) is 1.35. The zero-order valence-corrected chi connectivity index (χ0v) is 16.7. The fourth-order valence-corrected chi connectivity index (χ4v) is 0.780. The topological polar surface area (TPSA) is 0 Å². The maximum atomic E-state index is 3.78. The van der Waals surface area contributed by atoms with Gasteiger partial charge in [0.05, 0.1) is 0 Å². The van der Waals surface area contributed by atoms with Crippen molar-refractivity contribution in [3.8, 4) is 0 Å². The van der Waals surface area contributed by atoms with Gasteiger partial charge in [0.15, 0.2) is 0 Å². The molecule has 0 spiro atoms. The molecule has 4 heteroatoms. The Bertz CT molecular complexity index is 41.6. The zero-order chi connectivity index (χ0) is 6.24. The van der Waals surface area contributed by atoms with Gasteiger partial charge in [-0.3, -0.25) is 0 Å². The van der Waals surface area contributed by atoms with E-state index in [4.69, 9.17) is 0 Å². The quantitative estimate of drug-likeness (QED) is 0.295. The molecule has 0 saturated heterocycles. The van der Waals surface area contributed by atoms with Crippen LogP contribution in [-0.4, -0.2) is 0 Å². The minimum absolute atomic E-state index is 0. The smallest absolute Gasteiger partial charge is 0 e. The van der Waals surface area contributed by atoms with Crippen LogP contribution in [0.25, 0.3) is 0 Å². The van der Waals surface area contributed by atoms with E-state index in [-0.39, 0.29) is 96.1 Å². The first-order chi connectivity index (χ1) is 3.91. The molecule has 0 aromatic carbocycles. The van der Waals surface area contributed by atoms with Gasteiger partial charge in [0.25, 0.3) is 0 Å². The van der Waals surface area contributed by atoms with Gasteiger partial charge in [-0.1, -0.05) is 39.0 Å². The van der Waals surface area contributed by atoms with Crippen LogP contribution in [0.2, 0.25) is 0 Å². The minimum Gasteiger partial charge on any atom is -0.358 e. The van der Waals surface area contributed by atoms with Crippen LogP contribution in [0.15, 0.2) is 0 Å². The van der Waals surface area contributed by atoms with Gasteiger partial charge in [0.2, 0.25) is 0 Å². The number of unbranched alkanes of at least 4 members (excludes halogenated alkanes) is 5. The summed E-state index contributed by atoms with van der Waals surface area (Å²) in [5.41, 5.74) is 0. The summed E-state index contributed by atoms with van der Waals surface area (Å²) in [4.78, 5) is 0. The normalized spacial score (nSPS) is 4.59. The van der Waals surface area contributed by atoms with Gasteiger partial charge in [-0.15, -0.1) is 37.2 Å². The second kappa shape index (κ2) is 84.1. The third-order valence-electron chi connectivity index (χ3n) is 1.35. The summed E-state index contributed by atoms with van der Waals surface area (Å²) in [7, 11) is 0. The van der Waals surface area contributed by atoms with Crippen LogP contribution in [0.5, 0.6) is 0 Å². The third kappa shape index (κ3) is 98.5. The van der Waals surface area contributed by atoms with E-state index in [0.717, 1.165) is 6.42 Å². The molecule has 0 heterocycles. The molecule has 118 valence electrons. The van der Waals surface area contributed by atoms with E-state index >= 15 is 0 Å². The Kier molecular flexibility index (Phi) is 386. The average Bonchev–Trinajstić information content (AvgIpc) is 1.81. The molecule has 0 amide bonds. The van der Waals surface area contributed by atoms with Gasteiger partial charge in [0.1, 0.15) is 0 Å². The number of halogens is 3. The monoisotopic (exact) mass is 344 g/mol. The molecule has 0 atom stereocenters. The van der Waals surface area contributed by atoms with E-state index in [1.807, 2.05) is 0 Å². The molecule has 0 rings (SSSR count). The number of hydrogen-bond donors (Lipinski definition) is 0. The summed E-state index contributed by atoms with van der Waals surface area (Å²) in [6.45, 7) is 6.02. The van der Waals surface area contributed by atoms with Crippen LogP contribution in [0.4, 0.5) is 0 Å². The summed E-state index contributed by atoms with van der Waals surface area (Å²) in [6.07, 6.45) is 7.98. The summed E-state index contributed by atoms with van der Waals surface area (Å²) in [5, 5.41) is 0. The van der Waals surface area contributed by atoms with E-state index in [9.17, 15) is 0 Å². The molecule has 0 N–H and O–H groups in total. The van der Waals surface area contributed by atoms with Crippen molar-refractivity contribution >= 4 is 37.2 Å². The second-order valence-corrected chi connectivity index (χ2v) is 2.27. The van der Waals surface area contributed by atoms with Crippen molar-refractivity contribution in [2.45, 2.75) is 45.4 Å². The number of hydrogen-bond acceptors (Lipinski definition) is 0. The van der Waals surface area contributed by atoms with Gasteiger partial charge in [-0.25, -0.2) is 0 Å². The minimum atomic E-state index is 0. The Morgan fingerprint density at radius 1 is 0.647 bits per heavy atom. The molecule has 0 nitrogen and oxygen atoms in total. The predicted molar refractivity (Wildman–Crippen MR) is 92.5 cm³/mol. The summed E-state index contributed by atoms with van der Waals surface area (Å²) < 4.78 is 0. The van der Waals surface area contributed by atoms with Crippen LogP contribution in [-0.2, 0) is 21.7 Å². The van der Waals surface area contributed by atoms with Crippen LogP contribution in [0, 0.1) is 44.1 Å². The molecule has 0 unspecified atom stereocenters. The maximum absolute atomic E-state index is 3.78. The van der Waals surface area contributed by atoms with Crippen LogP contribution < -0.4 is 0 Å². The molecule has 0 aliphatic rings. The molecular weight excluding hydrogens is 310 g/mol. The molecule has 0 aromatic rings. The van der Waals surface area contributed by atoms with E-state index in [1.165, 1.54) is 32.1 Å².